The van der Waals surface area contributed by atoms with Crippen molar-refractivity contribution < 1.29 is 9.50 Å². The molecule has 0 spiro atoms. The Morgan fingerprint density at radius 2 is 2.05 bits per heavy atom. The Bertz CT molecular complexity index is 611. The highest BCUT2D eigenvalue weighted by atomic mass is 35.5. The van der Waals surface area contributed by atoms with Crippen molar-refractivity contribution in [3.05, 3.63) is 70.0 Å². The standard InChI is InChI=1S/C16H14ClFO/c17-12-5-6-15(18)11(7-12)9-16(19)14-8-10-3-1-2-4-13(10)14/h1-7,14,16,19H,8-9H2. The van der Waals surface area contributed by atoms with Crippen molar-refractivity contribution in [2.24, 2.45) is 0 Å². The van der Waals surface area contributed by atoms with E-state index >= 15 is 0 Å². The van der Waals surface area contributed by atoms with Crippen molar-refractivity contribution >= 4 is 11.6 Å². The number of aliphatic hydroxyl groups excluding tert-OH is 1. The molecule has 0 aromatic heterocycles. The van der Waals surface area contributed by atoms with Crippen LogP contribution in [0.4, 0.5) is 4.39 Å². The molecule has 98 valence electrons. The first-order valence-corrected chi connectivity index (χ1v) is 6.73. The van der Waals surface area contributed by atoms with Crippen molar-refractivity contribution in [1.82, 2.24) is 0 Å². The van der Waals surface area contributed by atoms with Crippen molar-refractivity contribution in [1.29, 1.82) is 0 Å². The number of hydrogen-bond acceptors (Lipinski definition) is 1. The van der Waals surface area contributed by atoms with E-state index in [9.17, 15) is 9.50 Å². The average molecular weight is 277 g/mol. The quantitative estimate of drug-likeness (QED) is 0.906. The van der Waals surface area contributed by atoms with Crippen LogP contribution in [0.3, 0.4) is 0 Å². The van der Waals surface area contributed by atoms with E-state index in [4.69, 9.17) is 11.6 Å². The molecule has 0 radical (unpaired) electrons. The minimum absolute atomic E-state index is 0.106. The normalized spacial score (nSPS) is 18.6. The number of benzene rings is 2. The van der Waals surface area contributed by atoms with Gasteiger partial charge in [0.2, 0.25) is 0 Å². The van der Waals surface area contributed by atoms with Gasteiger partial charge in [-0.15, -0.1) is 0 Å². The highest BCUT2D eigenvalue weighted by Gasteiger charge is 2.31. The molecule has 3 heteroatoms. The third kappa shape index (κ3) is 2.38. The van der Waals surface area contributed by atoms with Gasteiger partial charge in [0, 0.05) is 17.4 Å². The molecule has 0 saturated heterocycles. The van der Waals surface area contributed by atoms with Crippen LogP contribution in [0.25, 0.3) is 0 Å². The van der Waals surface area contributed by atoms with E-state index in [1.54, 1.807) is 6.07 Å². The molecule has 2 unspecified atom stereocenters. The fourth-order valence-corrected chi connectivity index (χ4v) is 2.90. The fourth-order valence-electron chi connectivity index (χ4n) is 2.71. The first kappa shape index (κ1) is 12.6. The van der Waals surface area contributed by atoms with Crippen LogP contribution in [-0.2, 0) is 12.8 Å². The minimum Gasteiger partial charge on any atom is -0.392 e. The second-order valence-electron chi connectivity index (χ2n) is 5.02. The van der Waals surface area contributed by atoms with Gasteiger partial charge in [-0.3, -0.25) is 0 Å². The molecule has 2 aromatic rings. The molecule has 19 heavy (non-hydrogen) atoms. The number of fused-ring (bicyclic) bond motifs is 1. The first-order valence-electron chi connectivity index (χ1n) is 6.35. The maximum absolute atomic E-state index is 13.6. The van der Waals surface area contributed by atoms with E-state index in [1.807, 2.05) is 18.2 Å². The smallest absolute Gasteiger partial charge is 0.126 e. The van der Waals surface area contributed by atoms with Gasteiger partial charge in [-0.2, -0.15) is 0 Å². The summed E-state index contributed by atoms with van der Waals surface area (Å²) < 4.78 is 13.6. The molecule has 2 atom stereocenters. The number of hydrogen-bond donors (Lipinski definition) is 1. The Labute approximate surface area is 116 Å². The molecule has 0 aliphatic heterocycles. The van der Waals surface area contributed by atoms with Gasteiger partial charge < -0.3 is 5.11 Å². The monoisotopic (exact) mass is 276 g/mol. The predicted octanol–water partition coefficient (Wildman–Crippen LogP) is 3.72. The summed E-state index contributed by atoms with van der Waals surface area (Å²) in [6.45, 7) is 0. The zero-order valence-corrected chi connectivity index (χ0v) is 11.1. The molecule has 2 aromatic carbocycles. The molecule has 0 amide bonds. The molecule has 1 aliphatic carbocycles. The van der Waals surface area contributed by atoms with Crippen LogP contribution in [0.15, 0.2) is 42.5 Å². The van der Waals surface area contributed by atoms with Gasteiger partial charge >= 0.3 is 0 Å². The van der Waals surface area contributed by atoms with Crippen LogP contribution in [0.1, 0.15) is 22.6 Å². The van der Waals surface area contributed by atoms with E-state index < -0.39 is 6.10 Å². The Morgan fingerprint density at radius 3 is 2.84 bits per heavy atom. The van der Waals surface area contributed by atoms with Crippen LogP contribution in [0.5, 0.6) is 0 Å². The molecular formula is C16H14ClFO. The third-order valence-corrected chi connectivity index (χ3v) is 4.03. The van der Waals surface area contributed by atoms with Gasteiger partial charge in [-0.05, 0) is 41.3 Å². The van der Waals surface area contributed by atoms with Crippen LogP contribution in [0, 0.1) is 5.82 Å². The highest BCUT2D eigenvalue weighted by molar-refractivity contribution is 6.30. The van der Waals surface area contributed by atoms with E-state index in [1.165, 1.54) is 23.3 Å². The molecule has 1 nitrogen and oxygen atoms in total. The summed E-state index contributed by atoms with van der Waals surface area (Å²) in [5, 5.41) is 10.8. The van der Waals surface area contributed by atoms with Gasteiger partial charge in [0.05, 0.1) is 6.10 Å². The Kier molecular flexibility index (Phi) is 3.29. The third-order valence-electron chi connectivity index (χ3n) is 3.80. The van der Waals surface area contributed by atoms with Crippen molar-refractivity contribution in [2.75, 3.05) is 0 Å². The fraction of sp³-hybridized carbons (Fsp3) is 0.250. The Balaban J connectivity index is 1.76. The van der Waals surface area contributed by atoms with Crippen molar-refractivity contribution in [3.8, 4) is 0 Å². The summed E-state index contributed by atoms with van der Waals surface area (Å²) in [5.74, 6) is -0.203. The lowest BCUT2D eigenvalue weighted by atomic mass is 9.73. The van der Waals surface area contributed by atoms with E-state index in [2.05, 4.69) is 6.07 Å². The van der Waals surface area contributed by atoms with E-state index in [0.717, 1.165) is 6.42 Å². The summed E-state index contributed by atoms with van der Waals surface area (Å²) in [5.41, 5.74) is 2.93. The summed E-state index contributed by atoms with van der Waals surface area (Å²) in [7, 11) is 0. The van der Waals surface area contributed by atoms with Gasteiger partial charge in [-0.1, -0.05) is 35.9 Å². The van der Waals surface area contributed by atoms with E-state index in [-0.39, 0.29) is 11.7 Å². The molecule has 3 rings (SSSR count). The number of aliphatic hydroxyl groups is 1. The van der Waals surface area contributed by atoms with Gasteiger partial charge in [0.15, 0.2) is 0 Å². The zero-order valence-electron chi connectivity index (χ0n) is 10.3. The molecule has 0 fully saturated rings. The molecule has 0 bridgehead atoms. The minimum atomic E-state index is -0.567. The molecule has 0 heterocycles. The van der Waals surface area contributed by atoms with Crippen LogP contribution in [0.2, 0.25) is 5.02 Å². The zero-order chi connectivity index (χ0) is 13.4. The van der Waals surface area contributed by atoms with Crippen LogP contribution < -0.4 is 0 Å². The molecule has 0 saturated carbocycles. The van der Waals surface area contributed by atoms with Gasteiger partial charge in [0.1, 0.15) is 5.82 Å². The van der Waals surface area contributed by atoms with Crippen LogP contribution in [-0.4, -0.2) is 11.2 Å². The predicted molar refractivity (Wildman–Crippen MR) is 74.0 cm³/mol. The number of rotatable bonds is 3. The van der Waals surface area contributed by atoms with Gasteiger partial charge in [-0.25, -0.2) is 4.39 Å². The maximum Gasteiger partial charge on any atom is 0.126 e. The Morgan fingerprint density at radius 1 is 1.26 bits per heavy atom. The second kappa shape index (κ2) is 4.95. The summed E-state index contributed by atoms with van der Waals surface area (Å²) in [6.07, 6.45) is 0.591. The molecular weight excluding hydrogens is 263 g/mol. The number of halogens is 2. The lowest BCUT2D eigenvalue weighted by Gasteiger charge is -2.34. The first-order chi connectivity index (χ1) is 9.15. The summed E-state index contributed by atoms with van der Waals surface area (Å²) >= 11 is 5.86. The Hall–Kier alpha value is -1.38. The lowest BCUT2D eigenvalue weighted by Crippen LogP contribution is -2.30. The molecule has 1 N–H and O–H groups in total. The van der Waals surface area contributed by atoms with Crippen LogP contribution >= 0.6 is 11.6 Å². The van der Waals surface area contributed by atoms with E-state index in [0.29, 0.717) is 17.0 Å². The largest absolute Gasteiger partial charge is 0.392 e. The van der Waals surface area contributed by atoms with Crippen molar-refractivity contribution in [2.45, 2.75) is 24.9 Å². The SMILES string of the molecule is OC(Cc1cc(Cl)ccc1F)C1Cc2ccccc21. The molecule has 1 aliphatic rings. The van der Waals surface area contributed by atoms with Gasteiger partial charge in [0.25, 0.3) is 0 Å². The summed E-state index contributed by atoms with van der Waals surface area (Å²) in [6, 6.07) is 12.5. The second-order valence-corrected chi connectivity index (χ2v) is 5.45. The summed E-state index contributed by atoms with van der Waals surface area (Å²) in [4.78, 5) is 0. The van der Waals surface area contributed by atoms with Crippen molar-refractivity contribution in [3.63, 3.8) is 0 Å². The highest BCUT2D eigenvalue weighted by Crippen LogP contribution is 2.38. The lowest BCUT2D eigenvalue weighted by molar-refractivity contribution is 0.132. The maximum atomic E-state index is 13.6. The topological polar surface area (TPSA) is 20.2 Å². The average Bonchev–Trinajstić information content (AvgIpc) is 2.35.